The highest BCUT2D eigenvalue weighted by Gasteiger charge is 2.51. The quantitative estimate of drug-likeness (QED) is 0.131. The van der Waals surface area contributed by atoms with Gasteiger partial charge in [-0.2, -0.15) is 8.42 Å². The van der Waals surface area contributed by atoms with Gasteiger partial charge in [0.05, 0.1) is 19.8 Å². The highest BCUT2D eigenvalue weighted by Crippen LogP contribution is 2.33. The van der Waals surface area contributed by atoms with E-state index in [1.165, 1.54) is 51.4 Å². The smallest absolute Gasteiger partial charge is 0.264 e. The molecule has 1 unspecified atom stereocenters. The van der Waals surface area contributed by atoms with Crippen LogP contribution in [0, 0.1) is 0 Å². The Balaban J connectivity index is 4.54. The summed E-state index contributed by atoms with van der Waals surface area (Å²) in [5.41, 5.74) is -1.87. The summed E-state index contributed by atoms with van der Waals surface area (Å²) in [6.07, 6.45) is 12.8. The number of carboxylic acid groups (broad SMARTS) is 1. The van der Waals surface area contributed by atoms with Crippen molar-refractivity contribution in [1.29, 1.82) is 0 Å². The summed E-state index contributed by atoms with van der Waals surface area (Å²) in [5, 5.41) is 15.6. The minimum atomic E-state index is -4.12. The first kappa shape index (κ1) is 30.3. The van der Waals surface area contributed by atoms with Crippen LogP contribution in [0.5, 0.6) is 0 Å². The number of rotatable bonds is 19. The molecule has 0 saturated heterocycles. The van der Waals surface area contributed by atoms with Crippen molar-refractivity contribution in [2.45, 2.75) is 116 Å². The van der Waals surface area contributed by atoms with E-state index >= 15 is 0 Å². The zero-order valence-electron chi connectivity index (χ0n) is 20.8. The fourth-order valence-corrected chi connectivity index (χ4v) is 4.54. The van der Waals surface area contributed by atoms with Crippen molar-refractivity contribution in [3.63, 3.8) is 0 Å². The van der Waals surface area contributed by atoms with Crippen molar-refractivity contribution in [3.05, 3.63) is 0 Å². The number of hydrogen-bond donors (Lipinski definition) is 2. The van der Waals surface area contributed by atoms with Crippen molar-refractivity contribution in [2.75, 3.05) is 26.4 Å². The van der Waals surface area contributed by atoms with Gasteiger partial charge in [-0.25, -0.2) is 0 Å². The Hall–Kier alpha value is -0.700. The summed E-state index contributed by atoms with van der Waals surface area (Å²) < 4.78 is 31.1. The number of likely N-dealkylation sites (N-methyl/N-ethyl adjacent to an activating group) is 1. The van der Waals surface area contributed by atoms with Gasteiger partial charge in [0.2, 0.25) is 0 Å². The van der Waals surface area contributed by atoms with Crippen LogP contribution in [0.2, 0.25) is 0 Å². The lowest BCUT2D eigenvalue weighted by Crippen LogP contribution is -2.76. The standard InChI is InChI=1S/C23H48N2O5S/c1-7-8-9-10-11-12-13-14-15-16-19-24-22(2,3)25(5,6)23(4,21(26)27)18-17-20-31(28,29)30/h24H,7-20H2,1-6H3,(H-,26,27,28,29,30). The topological polar surface area (TPSA) is 107 Å². The number of quaternary nitrogens is 1. The maximum absolute atomic E-state index is 12.1. The number of aliphatic carboxylic acids is 1. The number of nitrogens with zero attached hydrogens (tertiary/aromatic N) is 1. The Kier molecular flexibility index (Phi) is 13.4. The summed E-state index contributed by atoms with van der Waals surface area (Å²) >= 11 is 0. The second-order valence-corrected chi connectivity index (χ2v) is 11.6. The average molecular weight is 465 g/mol. The molecule has 0 amide bonds. The molecule has 0 aromatic carbocycles. The Morgan fingerprint density at radius 2 is 1.35 bits per heavy atom. The molecule has 0 aromatic heterocycles. The van der Waals surface area contributed by atoms with Crippen LogP contribution in [0.25, 0.3) is 0 Å². The molecular weight excluding hydrogens is 416 g/mol. The van der Waals surface area contributed by atoms with Crippen LogP contribution in [0.15, 0.2) is 0 Å². The van der Waals surface area contributed by atoms with Crippen molar-refractivity contribution < 1.29 is 27.4 Å². The normalized spacial score (nSPS) is 15.1. The largest absolute Gasteiger partial charge is 0.544 e. The van der Waals surface area contributed by atoms with Crippen LogP contribution in [0.4, 0.5) is 0 Å². The SMILES string of the molecule is CCCCCCCCCCCCNC(C)(C)[N+](C)(C)C(C)(CCCS(=O)(=O)O)C(=O)[O-]. The predicted octanol–water partition coefficient (Wildman–Crippen LogP) is 3.49. The molecule has 186 valence electrons. The van der Waals surface area contributed by atoms with Crippen LogP contribution in [-0.4, -0.2) is 61.0 Å². The molecule has 2 N–H and O–H groups in total. The van der Waals surface area contributed by atoms with Gasteiger partial charge in [-0.15, -0.1) is 0 Å². The molecule has 0 heterocycles. The number of nitrogens with one attached hydrogen (secondary N) is 1. The van der Waals surface area contributed by atoms with Crippen molar-refractivity contribution in [2.24, 2.45) is 0 Å². The van der Waals surface area contributed by atoms with E-state index < -0.39 is 33.0 Å². The Morgan fingerprint density at radius 3 is 1.77 bits per heavy atom. The van der Waals surface area contributed by atoms with Crippen molar-refractivity contribution in [3.8, 4) is 0 Å². The first-order chi connectivity index (χ1) is 14.2. The average Bonchev–Trinajstić information content (AvgIpc) is 2.64. The van der Waals surface area contributed by atoms with E-state index in [9.17, 15) is 18.3 Å². The van der Waals surface area contributed by atoms with Gasteiger partial charge in [-0.1, -0.05) is 64.7 Å². The van der Waals surface area contributed by atoms with Gasteiger partial charge >= 0.3 is 0 Å². The van der Waals surface area contributed by atoms with Gasteiger partial charge in [0, 0.05) is 26.8 Å². The molecule has 0 radical (unpaired) electrons. The molecule has 0 aliphatic rings. The number of unbranched alkanes of at least 4 members (excludes halogenated alkanes) is 9. The van der Waals surface area contributed by atoms with Gasteiger partial charge in [0.15, 0.2) is 0 Å². The maximum atomic E-state index is 12.1. The molecule has 0 saturated carbocycles. The predicted molar refractivity (Wildman–Crippen MR) is 125 cm³/mol. The summed E-state index contributed by atoms with van der Waals surface area (Å²) in [4.78, 5) is 12.1. The van der Waals surface area contributed by atoms with E-state index in [4.69, 9.17) is 4.55 Å². The fourth-order valence-electron chi connectivity index (χ4n) is 4.03. The molecule has 0 rings (SSSR count). The molecule has 0 fully saturated rings. The Bertz CT molecular complexity index is 619. The molecule has 0 aromatic rings. The second kappa shape index (κ2) is 13.8. The molecule has 1 atom stereocenters. The number of carbonyl (C=O) groups excluding carboxylic acids is 1. The van der Waals surface area contributed by atoms with Crippen LogP contribution in [-0.2, 0) is 14.9 Å². The number of carbonyl (C=O) groups is 1. The summed E-state index contributed by atoms with van der Waals surface area (Å²) in [6, 6.07) is 0. The highest BCUT2D eigenvalue weighted by atomic mass is 32.2. The Labute approximate surface area is 191 Å². The van der Waals surface area contributed by atoms with Crippen LogP contribution >= 0.6 is 0 Å². The lowest BCUT2D eigenvalue weighted by molar-refractivity contribution is -0.980. The van der Waals surface area contributed by atoms with E-state index in [2.05, 4.69) is 12.2 Å². The van der Waals surface area contributed by atoms with Crippen LogP contribution < -0.4 is 10.4 Å². The Morgan fingerprint density at radius 1 is 0.903 bits per heavy atom. The van der Waals surface area contributed by atoms with E-state index in [-0.39, 0.29) is 17.3 Å². The molecule has 31 heavy (non-hydrogen) atoms. The highest BCUT2D eigenvalue weighted by molar-refractivity contribution is 7.85. The van der Waals surface area contributed by atoms with Crippen molar-refractivity contribution in [1.82, 2.24) is 5.32 Å². The number of hydrogen-bond acceptors (Lipinski definition) is 5. The van der Waals surface area contributed by atoms with Gasteiger partial charge < -0.3 is 14.4 Å². The third-order valence-corrected chi connectivity index (χ3v) is 8.03. The van der Waals surface area contributed by atoms with Crippen LogP contribution in [0.1, 0.15) is 105 Å². The third kappa shape index (κ3) is 10.6. The van der Waals surface area contributed by atoms with Gasteiger partial charge in [-0.05, 0) is 19.8 Å². The zero-order valence-corrected chi connectivity index (χ0v) is 21.7. The molecular formula is C23H48N2O5S. The van der Waals surface area contributed by atoms with E-state index in [0.717, 1.165) is 19.4 Å². The van der Waals surface area contributed by atoms with E-state index in [0.29, 0.717) is 0 Å². The monoisotopic (exact) mass is 464 g/mol. The van der Waals surface area contributed by atoms with Gasteiger partial charge in [-0.3, -0.25) is 9.87 Å². The van der Waals surface area contributed by atoms with Crippen LogP contribution in [0.3, 0.4) is 0 Å². The fraction of sp³-hybridized carbons (Fsp3) is 0.957. The molecule has 8 heteroatoms. The molecule has 0 aliphatic carbocycles. The first-order valence-electron chi connectivity index (χ1n) is 12.0. The molecule has 7 nitrogen and oxygen atoms in total. The molecule has 0 aliphatic heterocycles. The minimum absolute atomic E-state index is 0.0551. The summed E-state index contributed by atoms with van der Waals surface area (Å²) in [7, 11) is -0.466. The molecule has 0 bridgehead atoms. The van der Waals surface area contributed by atoms with Gasteiger partial charge in [0.1, 0.15) is 17.2 Å². The van der Waals surface area contributed by atoms with E-state index in [1.807, 2.05) is 27.9 Å². The van der Waals surface area contributed by atoms with Gasteiger partial charge in [0.25, 0.3) is 10.1 Å². The minimum Gasteiger partial charge on any atom is -0.544 e. The summed E-state index contributed by atoms with van der Waals surface area (Å²) in [6.45, 7) is 8.55. The van der Waals surface area contributed by atoms with E-state index in [1.54, 1.807) is 6.92 Å². The molecule has 0 spiro atoms. The lowest BCUT2D eigenvalue weighted by Gasteiger charge is -2.56. The summed E-state index contributed by atoms with van der Waals surface area (Å²) in [5.74, 6) is -1.68. The second-order valence-electron chi connectivity index (χ2n) is 10.1. The third-order valence-electron chi connectivity index (χ3n) is 7.22. The first-order valence-corrected chi connectivity index (χ1v) is 13.6. The zero-order chi connectivity index (χ0) is 24.2. The number of carboxylic acids is 1. The van der Waals surface area contributed by atoms with Crippen molar-refractivity contribution >= 4 is 16.1 Å². The maximum Gasteiger partial charge on any atom is 0.264 e. The lowest BCUT2D eigenvalue weighted by atomic mass is 9.88.